The van der Waals surface area contributed by atoms with Crippen LogP contribution < -0.4 is 19.9 Å². The van der Waals surface area contributed by atoms with Crippen LogP contribution in [0.15, 0.2) is 53.3 Å². The second-order valence-corrected chi connectivity index (χ2v) is 10.4. The highest BCUT2D eigenvalue weighted by Gasteiger charge is 2.34. The van der Waals surface area contributed by atoms with Crippen LogP contribution in [0.2, 0.25) is 0 Å². The van der Waals surface area contributed by atoms with Gasteiger partial charge in [-0.15, -0.1) is 5.10 Å². The predicted molar refractivity (Wildman–Crippen MR) is 150 cm³/mol. The summed E-state index contributed by atoms with van der Waals surface area (Å²) in [6.07, 6.45) is 5.72. The molecule has 0 bridgehead atoms. The van der Waals surface area contributed by atoms with E-state index >= 15 is 0 Å². The molecule has 1 aliphatic carbocycles. The van der Waals surface area contributed by atoms with Crippen molar-refractivity contribution in [1.82, 2.24) is 30.1 Å². The van der Waals surface area contributed by atoms with Gasteiger partial charge in [-0.05, 0) is 71.1 Å². The van der Waals surface area contributed by atoms with Crippen LogP contribution in [-0.4, -0.2) is 70.5 Å². The Hall–Kier alpha value is -3.92. The second-order valence-electron chi connectivity index (χ2n) is 10.4. The number of fused-ring (bicyclic) bond motifs is 1. The maximum Gasteiger partial charge on any atom is 0.253 e. The number of nitrogens with zero attached hydrogens (tertiary/aromatic N) is 6. The molecule has 0 spiro atoms. The van der Waals surface area contributed by atoms with Crippen molar-refractivity contribution in [3.8, 4) is 11.5 Å². The predicted octanol–water partition coefficient (Wildman–Crippen LogP) is 3.95. The van der Waals surface area contributed by atoms with E-state index < -0.39 is 0 Å². The lowest BCUT2D eigenvalue weighted by atomic mass is 9.95. The smallest absolute Gasteiger partial charge is 0.253 e. The molecule has 39 heavy (non-hydrogen) atoms. The summed E-state index contributed by atoms with van der Waals surface area (Å²) in [5.74, 6) is 2.30. The second kappa shape index (κ2) is 11.1. The number of tetrazole rings is 1. The summed E-state index contributed by atoms with van der Waals surface area (Å²) in [5.41, 5.74) is 2.45. The molecule has 6 rings (SSSR count). The normalized spacial score (nSPS) is 17.8. The van der Waals surface area contributed by atoms with Gasteiger partial charge in [0.15, 0.2) is 5.82 Å². The van der Waals surface area contributed by atoms with Gasteiger partial charge >= 0.3 is 0 Å². The average molecular weight is 530 g/mol. The minimum atomic E-state index is -0.352. The number of H-pyrrole nitrogens is 1. The van der Waals surface area contributed by atoms with Crippen LogP contribution in [0.4, 0.5) is 5.69 Å². The minimum Gasteiger partial charge on any atom is -0.497 e. The van der Waals surface area contributed by atoms with E-state index in [9.17, 15) is 4.79 Å². The Morgan fingerprint density at radius 2 is 1.62 bits per heavy atom. The van der Waals surface area contributed by atoms with Gasteiger partial charge in [-0.25, -0.2) is 4.68 Å². The highest BCUT2D eigenvalue weighted by atomic mass is 16.5. The van der Waals surface area contributed by atoms with Gasteiger partial charge in [0.1, 0.15) is 17.5 Å². The molecule has 10 heteroatoms. The first kappa shape index (κ1) is 25.4. The van der Waals surface area contributed by atoms with Crippen LogP contribution >= 0.6 is 0 Å². The lowest BCUT2D eigenvalue weighted by molar-refractivity contribution is 0.192. The van der Waals surface area contributed by atoms with Gasteiger partial charge in [-0.3, -0.25) is 9.69 Å². The SMILES string of the molecule is COc1ccc(N2CCN([C@@H](c3cc4ccc(OC)cc4[nH]c3=O)c3nnnn3C3CCCCC3)CC2)cc1. The number of benzene rings is 2. The number of aromatic nitrogens is 5. The topological polar surface area (TPSA) is 101 Å². The van der Waals surface area contributed by atoms with E-state index in [1.165, 1.54) is 19.3 Å². The van der Waals surface area contributed by atoms with Crippen molar-refractivity contribution in [2.24, 2.45) is 0 Å². The van der Waals surface area contributed by atoms with Gasteiger partial charge in [0.2, 0.25) is 0 Å². The van der Waals surface area contributed by atoms with Crippen molar-refractivity contribution in [1.29, 1.82) is 0 Å². The number of hydrogen-bond acceptors (Lipinski definition) is 8. The van der Waals surface area contributed by atoms with Crippen molar-refractivity contribution >= 4 is 16.6 Å². The Bertz CT molecular complexity index is 1470. The third kappa shape index (κ3) is 5.08. The zero-order valence-corrected chi connectivity index (χ0v) is 22.5. The molecule has 3 heterocycles. The Morgan fingerprint density at radius 1 is 0.897 bits per heavy atom. The molecule has 204 valence electrons. The van der Waals surface area contributed by atoms with Crippen LogP contribution in [0.1, 0.15) is 55.6 Å². The first-order valence-corrected chi connectivity index (χ1v) is 13.8. The fourth-order valence-electron chi connectivity index (χ4n) is 6.02. The molecule has 10 nitrogen and oxygen atoms in total. The maximum atomic E-state index is 13.6. The minimum absolute atomic E-state index is 0.128. The Balaban J connectivity index is 1.36. The van der Waals surface area contributed by atoms with Crippen molar-refractivity contribution in [2.75, 3.05) is 45.3 Å². The number of pyridine rings is 1. The molecule has 1 saturated heterocycles. The fourth-order valence-corrected chi connectivity index (χ4v) is 6.02. The van der Waals surface area contributed by atoms with Gasteiger partial charge < -0.3 is 19.4 Å². The maximum absolute atomic E-state index is 13.6. The zero-order chi connectivity index (χ0) is 26.8. The van der Waals surface area contributed by atoms with Crippen LogP contribution in [0.5, 0.6) is 11.5 Å². The fraction of sp³-hybridized carbons (Fsp3) is 0.448. The summed E-state index contributed by atoms with van der Waals surface area (Å²) in [4.78, 5) is 21.4. The summed E-state index contributed by atoms with van der Waals surface area (Å²) >= 11 is 0. The van der Waals surface area contributed by atoms with Crippen LogP contribution in [0.25, 0.3) is 10.9 Å². The molecule has 0 radical (unpaired) electrons. The van der Waals surface area contributed by atoms with E-state index in [2.05, 4.69) is 42.4 Å². The zero-order valence-electron chi connectivity index (χ0n) is 22.5. The van der Waals surface area contributed by atoms with Gasteiger partial charge in [-0.1, -0.05) is 19.3 Å². The molecule has 0 unspecified atom stereocenters. The lowest BCUT2D eigenvalue weighted by Crippen LogP contribution is -2.49. The van der Waals surface area contributed by atoms with E-state index in [-0.39, 0.29) is 17.6 Å². The molecule has 1 N–H and O–H groups in total. The molecule has 1 atom stereocenters. The third-order valence-electron chi connectivity index (χ3n) is 8.18. The molecule has 1 saturated carbocycles. The Labute approximate surface area is 227 Å². The number of anilines is 1. The quantitative estimate of drug-likeness (QED) is 0.384. The highest BCUT2D eigenvalue weighted by molar-refractivity contribution is 5.80. The number of ether oxygens (including phenoxy) is 2. The van der Waals surface area contributed by atoms with Gasteiger partial charge in [0, 0.05) is 43.5 Å². The molecule has 4 aromatic rings. The van der Waals surface area contributed by atoms with Gasteiger partial charge in [-0.2, -0.15) is 0 Å². The van der Waals surface area contributed by atoms with E-state index in [0.717, 1.165) is 67.2 Å². The molecule has 2 aromatic carbocycles. The molecule has 0 amide bonds. The Kier molecular flexibility index (Phi) is 7.19. The number of nitrogens with one attached hydrogen (secondary N) is 1. The van der Waals surface area contributed by atoms with Gasteiger partial charge in [0.05, 0.1) is 25.8 Å². The van der Waals surface area contributed by atoms with E-state index in [0.29, 0.717) is 11.3 Å². The summed E-state index contributed by atoms with van der Waals surface area (Å²) in [6, 6.07) is 15.8. The van der Waals surface area contributed by atoms with Crippen LogP contribution in [0, 0.1) is 0 Å². The Morgan fingerprint density at radius 3 is 2.33 bits per heavy atom. The monoisotopic (exact) mass is 529 g/mol. The highest BCUT2D eigenvalue weighted by Crippen LogP contribution is 2.34. The molecule has 1 aliphatic heterocycles. The number of hydrogen-bond donors (Lipinski definition) is 1. The van der Waals surface area contributed by atoms with Crippen LogP contribution in [0.3, 0.4) is 0 Å². The van der Waals surface area contributed by atoms with Crippen molar-refractivity contribution in [3.05, 3.63) is 70.3 Å². The molecular formula is C29H35N7O3. The van der Waals surface area contributed by atoms with Crippen LogP contribution in [-0.2, 0) is 0 Å². The first-order valence-electron chi connectivity index (χ1n) is 13.8. The lowest BCUT2D eigenvalue weighted by Gasteiger charge is -2.40. The number of rotatable bonds is 7. The summed E-state index contributed by atoms with van der Waals surface area (Å²) in [6.45, 7) is 3.20. The van der Waals surface area contributed by atoms with E-state index in [1.54, 1.807) is 14.2 Å². The number of piperazine rings is 1. The van der Waals surface area contributed by atoms with E-state index in [4.69, 9.17) is 9.47 Å². The van der Waals surface area contributed by atoms with E-state index in [1.807, 2.05) is 41.1 Å². The van der Waals surface area contributed by atoms with Crippen molar-refractivity contribution in [3.63, 3.8) is 0 Å². The number of methoxy groups -OCH3 is 2. The van der Waals surface area contributed by atoms with Crippen molar-refractivity contribution in [2.45, 2.75) is 44.2 Å². The molecule has 2 aromatic heterocycles. The molecule has 2 fully saturated rings. The summed E-state index contributed by atoms with van der Waals surface area (Å²) in [5, 5.41) is 14.1. The number of aromatic amines is 1. The van der Waals surface area contributed by atoms with Gasteiger partial charge in [0.25, 0.3) is 5.56 Å². The first-order chi connectivity index (χ1) is 19.1. The average Bonchev–Trinajstić information content (AvgIpc) is 3.47. The van der Waals surface area contributed by atoms with Crippen molar-refractivity contribution < 1.29 is 9.47 Å². The standard InChI is InChI=1S/C29H35N7O3/c1-38-23-12-9-21(10-13-23)34-14-16-35(17-15-34)27(28-31-32-33-36(28)22-6-4-3-5-7-22)25-18-20-8-11-24(39-2)19-26(20)30-29(25)37/h8-13,18-19,22,27H,3-7,14-17H2,1-2H3,(H,30,37)/t27-/m0/s1. The molecular weight excluding hydrogens is 494 g/mol. The third-order valence-corrected chi connectivity index (χ3v) is 8.18. The largest absolute Gasteiger partial charge is 0.497 e. The summed E-state index contributed by atoms with van der Waals surface area (Å²) < 4.78 is 12.7. The summed E-state index contributed by atoms with van der Waals surface area (Å²) in [7, 11) is 3.31. The molecule has 2 aliphatic rings.